The molecule has 0 radical (unpaired) electrons. The van der Waals surface area contributed by atoms with E-state index in [4.69, 9.17) is 14.2 Å². The normalized spacial score (nSPS) is 24.5. The van der Waals surface area contributed by atoms with Crippen LogP contribution in [0.3, 0.4) is 0 Å². The summed E-state index contributed by atoms with van der Waals surface area (Å²) in [7, 11) is -1.14. The first-order valence-electron chi connectivity index (χ1n) is 10.6. The van der Waals surface area contributed by atoms with Gasteiger partial charge in [0.15, 0.2) is 6.29 Å². The van der Waals surface area contributed by atoms with Gasteiger partial charge in [0, 0.05) is 16.4 Å². The van der Waals surface area contributed by atoms with Crippen LogP contribution in [-0.4, -0.2) is 28.8 Å². The summed E-state index contributed by atoms with van der Waals surface area (Å²) in [6.45, 7) is 3.08. The third-order valence-electron chi connectivity index (χ3n) is 5.56. The molecule has 5 atom stereocenters. The molecule has 1 heterocycles. The van der Waals surface area contributed by atoms with E-state index in [2.05, 4.69) is 6.92 Å². The molecule has 0 saturated carbocycles. The maximum atomic E-state index is 13.0. The average molecular weight is 437 g/mol. The van der Waals surface area contributed by atoms with Crippen LogP contribution in [0.2, 0.25) is 0 Å². The van der Waals surface area contributed by atoms with Gasteiger partial charge in [0.05, 0.1) is 42.0 Å². The van der Waals surface area contributed by atoms with Gasteiger partial charge in [-0.15, -0.1) is 0 Å². The Kier molecular flexibility index (Phi) is 7.65. The predicted octanol–water partition coefficient (Wildman–Crippen LogP) is 5.13. The lowest BCUT2D eigenvalue weighted by atomic mass is 9.97. The summed E-state index contributed by atoms with van der Waals surface area (Å²) >= 11 is 0. The molecule has 4 nitrogen and oxygen atoms in total. The molecule has 4 rings (SSSR count). The Bertz CT molecular complexity index is 949. The Morgan fingerprint density at radius 3 is 2.06 bits per heavy atom. The number of hydrogen-bond acceptors (Lipinski definition) is 4. The highest BCUT2D eigenvalue weighted by Gasteiger charge is 2.38. The summed E-state index contributed by atoms with van der Waals surface area (Å²) in [6, 6.07) is 29.6. The molecule has 1 aliphatic rings. The molecule has 0 amide bonds. The van der Waals surface area contributed by atoms with Crippen LogP contribution in [0, 0.1) is 5.92 Å². The minimum Gasteiger partial charge on any atom is -0.374 e. The van der Waals surface area contributed by atoms with Crippen molar-refractivity contribution in [2.75, 3.05) is 12.4 Å². The van der Waals surface area contributed by atoms with E-state index in [0.29, 0.717) is 19.0 Å². The zero-order valence-electron chi connectivity index (χ0n) is 17.6. The van der Waals surface area contributed by atoms with Crippen LogP contribution >= 0.6 is 0 Å². The molecule has 162 valence electrons. The second-order valence-electron chi connectivity index (χ2n) is 7.78. The van der Waals surface area contributed by atoms with E-state index < -0.39 is 17.1 Å². The number of rotatable bonds is 8. The smallest absolute Gasteiger partial charge is 0.184 e. The molecular formula is C26H28O4S. The summed E-state index contributed by atoms with van der Waals surface area (Å²) in [5.41, 5.74) is 2.08. The van der Waals surface area contributed by atoms with Crippen molar-refractivity contribution in [1.29, 1.82) is 0 Å². The first-order chi connectivity index (χ1) is 15.2. The molecule has 1 unspecified atom stereocenters. The van der Waals surface area contributed by atoms with E-state index in [9.17, 15) is 4.21 Å². The summed E-state index contributed by atoms with van der Waals surface area (Å²) in [5.74, 6) is 0.468. The van der Waals surface area contributed by atoms with Crippen molar-refractivity contribution in [3.8, 4) is 0 Å². The average Bonchev–Trinajstić information content (AvgIpc) is 2.83. The van der Waals surface area contributed by atoms with Gasteiger partial charge in [0.1, 0.15) is 0 Å². The lowest BCUT2D eigenvalue weighted by Crippen LogP contribution is -2.46. The summed E-state index contributed by atoms with van der Waals surface area (Å²) in [4.78, 5) is 0.818. The molecule has 0 bridgehead atoms. The van der Waals surface area contributed by atoms with Crippen LogP contribution in [0.25, 0.3) is 0 Å². The molecule has 1 aliphatic heterocycles. The second kappa shape index (κ2) is 10.8. The quantitative estimate of drug-likeness (QED) is 0.491. The Balaban J connectivity index is 1.46. The number of ether oxygens (including phenoxy) is 3. The SMILES string of the molecule is C[C@H]1[C@H](CS(=O)c2ccccc2)O[C@H](c2ccccc2)O[C@@H]1COCc1ccccc1. The van der Waals surface area contributed by atoms with Crippen LogP contribution in [0.5, 0.6) is 0 Å². The third kappa shape index (κ3) is 5.89. The van der Waals surface area contributed by atoms with Gasteiger partial charge in [-0.3, -0.25) is 4.21 Å². The Labute approximate surface area is 186 Å². The minimum atomic E-state index is -1.14. The fourth-order valence-corrected chi connectivity index (χ4v) is 5.00. The Morgan fingerprint density at radius 1 is 0.806 bits per heavy atom. The van der Waals surface area contributed by atoms with Gasteiger partial charge in [-0.25, -0.2) is 0 Å². The van der Waals surface area contributed by atoms with Gasteiger partial charge in [-0.05, 0) is 17.7 Å². The van der Waals surface area contributed by atoms with Crippen molar-refractivity contribution in [3.05, 3.63) is 102 Å². The van der Waals surface area contributed by atoms with Crippen LogP contribution in [0.4, 0.5) is 0 Å². The molecule has 5 heteroatoms. The molecule has 1 saturated heterocycles. The van der Waals surface area contributed by atoms with E-state index in [-0.39, 0.29) is 18.1 Å². The van der Waals surface area contributed by atoms with Crippen LogP contribution in [-0.2, 0) is 31.6 Å². The van der Waals surface area contributed by atoms with Crippen molar-refractivity contribution in [2.45, 2.75) is 36.9 Å². The van der Waals surface area contributed by atoms with Gasteiger partial charge in [0.2, 0.25) is 0 Å². The van der Waals surface area contributed by atoms with Crippen molar-refractivity contribution in [1.82, 2.24) is 0 Å². The predicted molar refractivity (Wildman–Crippen MR) is 122 cm³/mol. The monoisotopic (exact) mass is 436 g/mol. The lowest BCUT2D eigenvalue weighted by molar-refractivity contribution is -0.274. The number of benzene rings is 3. The molecule has 0 aliphatic carbocycles. The van der Waals surface area contributed by atoms with E-state index >= 15 is 0 Å². The van der Waals surface area contributed by atoms with E-state index in [1.54, 1.807) is 0 Å². The van der Waals surface area contributed by atoms with Crippen LogP contribution in [0.1, 0.15) is 24.3 Å². The van der Waals surface area contributed by atoms with Crippen molar-refractivity contribution < 1.29 is 18.4 Å². The molecule has 0 N–H and O–H groups in total. The maximum Gasteiger partial charge on any atom is 0.184 e. The zero-order valence-corrected chi connectivity index (χ0v) is 18.4. The highest BCUT2D eigenvalue weighted by atomic mass is 32.2. The van der Waals surface area contributed by atoms with Crippen molar-refractivity contribution >= 4 is 10.8 Å². The van der Waals surface area contributed by atoms with Gasteiger partial charge in [-0.1, -0.05) is 85.8 Å². The zero-order chi connectivity index (χ0) is 21.5. The molecule has 1 fully saturated rings. The standard InChI is InChI=1S/C26H28O4S/c1-20-24(18-28-17-21-11-5-2-6-12-21)29-26(22-13-7-3-8-14-22)30-25(20)19-31(27)23-15-9-4-10-16-23/h2-16,20,24-26H,17-19H2,1H3/t20-,24-,25+,26-,31?/m1/s1. The highest BCUT2D eigenvalue weighted by molar-refractivity contribution is 7.85. The molecule has 3 aromatic rings. The van der Waals surface area contributed by atoms with Crippen molar-refractivity contribution in [3.63, 3.8) is 0 Å². The molecule has 31 heavy (non-hydrogen) atoms. The molecule has 0 spiro atoms. The lowest BCUT2D eigenvalue weighted by Gasteiger charge is -2.40. The second-order valence-corrected chi connectivity index (χ2v) is 9.27. The first kappa shape index (κ1) is 21.9. The highest BCUT2D eigenvalue weighted by Crippen LogP contribution is 2.34. The van der Waals surface area contributed by atoms with Crippen LogP contribution in [0.15, 0.2) is 95.9 Å². The first-order valence-corrected chi connectivity index (χ1v) is 11.9. The van der Waals surface area contributed by atoms with Gasteiger partial charge < -0.3 is 14.2 Å². The van der Waals surface area contributed by atoms with E-state index in [0.717, 1.165) is 16.0 Å². The topological polar surface area (TPSA) is 44.8 Å². The van der Waals surface area contributed by atoms with E-state index in [1.807, 2.05) is 91.0 Å². The fourth-order valence-electron chi connectivity index (χ4n) is 3.67. The number of hydrogen-bond donors (Lipinski definition) is 0. The summed E-state index contributed by atoms with van der Waals surface area (Å²) in [5, 5.41) is 0. The van der Waals surface area contributed by atoms with Crippen molar-refractivity contribution in [2.24, 2.45) is 5.92 Å². The molecule has 3 aromatic carbocycles. The fraction of sp³-hybridized carbons (Fsp3) is 0.308. The van der Waals surface area contributed by atoms with E-state index in [1.165, 1.54) is 0 Å². The van der Waals surface area contributed by atoms with Gasteiger partial charge in [0.25, 0.3) is 0 Å². The molecular weight excluding hydrogens is 408 g/mol. The largest absolute Gasteiger partial charge is 0.374 e. The maximum absolute atomic E-state index is 13.0. The van der Waals surface area contributed by atoms with Crippen LogP contribution < -0.4 is 0 Å². The van der Waals surface area contributed by atoms with Gasteiger partial charge >= 0.3 is 0 Å². The Hall–Kier alpha value is -2.31. The summed E-state index contributed by atoms with van der Waals surface area (Å²) in [6.07, 6.45) is -0.855. The minimum absolute atomic E-state index is 0.0448. The van der Waals surface area contributed by atoms with Gasteiger partial charge in [-0.2, -0.15) is 0 Å². The third-order valence-corrected chi connectivity index (χ3v) is 6.99. The Morgan fingerprint density at radius 2 is 1.39 bits per heavy atom. The summed E-state index contributed by atoms with van der Waals surface area (Å²) < 4.78 is 31.6. The molecule has 0 aromatic heterocycles.